The molecule has 0 saturated carbocycles. The lowest BCUT2D eigenvalue weighted by atomic mass is 10.1. The van der Waals surface area contributed by atoms with Crippen molar-refractivity contribution in [1.29, 1.82) is 0 Å². The highest BCUT2D eigenvalue weighted by atomic mass is 35.5. The molecular formula is C23H19ClN2O4S. The van der Waals surface area contributed by atoms with Gasteiger partial charge in [-0.1, -0.05) is 48.0 Å². The van der Waals surface area contributed by atoms with Gasteiger partial charge in [0.1, 0.15) is 5.76 Å². The number of para-hydroxylation sites is 1. The molecule has 0 unspecified atom stereocenters. The average molecular weight is 455 g/mol. The summed E-state index contributed by atoms with van der Waals surface area (Å²) in [6.07, 6.45) is 0. The Balaban J connectivity index is 1.75. The number of anilines is 2. The number of halogens is 1. The summed E-state index contributed by atoms with van der Waals surface area (Å²) in [5, 5.41) is 3.43. The highest BCUT2D eigenvalue weighted by Crippen LogP contribution is 2.35. The van der Waals surface area contributed by atoms with Crippen LogP contribution in [0.3, 0.4) is 0 Å². The van der Waals surface area contributed by atoms with Gasteiger partial charge in [0.15, 0.2) is 5.58 Å². The monoisotopic (exact) mass is 454 g/mol. The molecular weight excluding hydrogens is 436 g/mol. The van der Waals surface area contributed by atoms with Crippen LogP contribution >= 0.6 is 11.6 Å². The standard InChI is InChI=1S/C23H19ClN2O4S/c1-14-8-6-7-11-20(14)31(28,29)26-17-12-18-21(15(2)30-22(18)19(24)13-17)23(27)25-16-9-4-3-5-10-16/h3-13,26H,1-2H3,(H,25,27). The summed E-state index contributed by atoms with van der Waals surface area (Å²) >= 11 is 6.36. The molecule has 0 aliphatic heterocycles. The lowest BCUT2D eigenvalue weighted by Crippen LogP contribution is -2.14. The lowest BCUT2D eigenvalue weighted by molar-refractivity contribution is 0.102. The van der Waals surface area contributed by atoms with E-state index >= 15 is 0 Å². The Bertz CT molecular complexity index is 1400. The Morgan fingerprint density at radius 2 is 1.61 bits per heavy atom. The van der Waals surface area contributed by atoms with Crippen molar-refractivity contribution < 1.29 is 17.6 Å². The zero-order valence-corrected chi connectivity index (χ0v) is 18.3. The molecule has 4 aromatic rings. The van der Waals surface area contributed by atoms with Gasteiger partial charge < -0.3 is 9.73 Å². The number of carbonyl (C=O) groups is 1. The molecule has 0 radical (unpaired) electrons. The normalized spacial score (nSPS) is 11.5. The van der Waals surface area contributed by atoms with E-state index in [2.05, 4.69) is 10.0 Å². The van der Waals surface area contributed by atoms with Crippen LogP contribution in [0.5, 0.6) is 0 Å². The molecule has 0 aliphatic rings. The van der Waals surface area contributed by atoms with E-state index in [1.165, 1.54) is 12.1 Å². The minimum Gasteiger partial charge on any atom is -0.459 e. The van der Waals surface area contributed by atoms with Crippen LogP contribution in [-0.2, 0) is 10.0 Å². The zero-order chi connectivity index (χ0) is 22.2. The summed E-state index contributed by atoms with van der Waals surface area (Å²) < 4.78 is 34.0. The van der Waals surface area contributed by atoms with Crippen molar-refractivity contribution >= 4 is 49.9 Å². The number of hydrogen-bond acceptors (Lipinski definition) is 4. The van der Waals surface area contributed by atoms with Crippen LogP contribution in [0.1, 0.15) is 21.7 Å². The molecule has 3 aromatic carbocycles. The smallest absolute Gasteiger partial charge is 0.262 e. The number of fused-ring (bicyclic) bond motifs is 1. The van der Waals surface area contributed by atoms with Crippen molar-refractivity contribution in [2.75, 3.05) is 10.0 Å². The number of aryl methyl sites for hydroxylation is 2. The van der Waals surface area contributed by atoms with Gasteiger partial charge in [-0.3, -0.25) is 9.52 Å². The van der Waals surface area contributed by atoms with Crippen LogP contribution in [0.4, 0.5) is 11.4 Å². The number of sulfonamides is 1. The van der Waals surface area contributed by atoms with Gasteiger partial charge in [0.25, 0.3) is 15.9 Å². The average Bonchev–Trinajstić information content (AvgIpc) is 3.05. The van der Waals surface area contributed by atoms with Gasteiger partial charge in [-0.15, -0.1) is 0 Å². The minimum absolute atomic E-state index is 0.164. The number of amides is 1. The topological polar surface area (TPSA) is 88.4 Å². The first-order valence-corrected chi connectivity index (χ1v) is 11.3. The van der Waals surface area contributed by atoms with E-state index < -0.39 is 10.0 Å². The molecule has 1 heterocycles. The lowest BCUT2D eigenvalue weighted by Gasteiger charge is -2.11. The molecule has 1 aromatic heterocycles. The Labute approximate surface area is 184 Å². The number of hydrogen-bond donors (Lipinski definition) is 2. The maximum atomic E-state index is 12.9. The predicted molar refractivity (Wildman–Crippen MR) is 122 cm³/mol. The molecule has 0 aliphatic carbocycles. The molecule has 0 saturated heterocycles. The van der Waals surface area contributed by atoms with Crippen LogP contribution in [0.25, 0.3) is 11.0 Å². The van der Waals surface area contributed by atoms with E-state index in [1.54, 1.807) is 50.2 Å². The van der Waals surface area contributed by atoms with Gasteiger partial charge >= 0.3 is 0 Å². The van der Waals surface area contributed by atoms with E-state index in [1.807, 2.05) is 18.2 Å². The maximum absolute atomic E-state index is 12.9. The quantitative estimate of drug-likeness (QED) is 0.401. The van der Waals surface area contributed by atoms with Crippen molar-refractivity contribution in [3.05, 3.63) is 88.6 Å². The van der Waals surface area contributed by atoms with Gasteiger partial charge in [-0.05, 0) is 49.7 Å². The molecule has 0 atom stereocenters. The second-order valence-electron chi connectivity index (χ2n) is 7.06. The van der Waals surface area contributed by atoms with Crippen molar-refractivity contribution in [1.82, 2.24) is 0 Å². The second-order valence-corrected chi connectivity index (χ2v) is 9.12. The van der Waals surface area contributed by atoms with E-state index in [9.17, 15) is 13.2 Å². The summed E-state index contributed by atoms with van der Waals surface area (Å²) in [6.45, 7) is 3.38. The van der Waals surface area contributed by atoms with Gasteiger partial charge in [0.05, 0.1) is 21.2 Å². The van der Waals surface area contributed by atoms with E-state index in [0.29, 0.717) is 28.0 Å². The largest absolute Gasteiger partial charge is 0.459 e. The molecule has 2 N–H and O–H groups in total. The third kappa shape index (κ3) is 4.15. The number of benzene rings is 3. The van der Waals surface area contributed by atoms with Gasteiger partial charge in [0.2, 0.25) is 0 Å². The van der Waals surface area contributed by atoms with E-state index in [0.717, 1.165) is 0 Å². The Hall–Kier alpha value is -3.29. The molecule has 6 nitrogen and oxygen atoms in total. The zero-order valence-electron chi connectivity index (χ0n) is 16.8. The highest BCUT2D eigenvalue weighted by Gasteiger charge is 2.23. The Kier molecular flexibility index (Phi) is 5.47. The molecule has 4 rings (SSSR count). The predicted octanol–water partition coefficient (Wildman–Crippen LogP) is 5.76. The van der Waals surface area contributed by atoms with Crippen LogP contribution in [0.2, 0.25) is 5.02 Å². The van der Waals surface area contributed by atoms with E-state index in [-0.39, 0.29) is 27.1 Å². The van der Waals surface area contributed by atoms with Gasteiger partial charge in [-0.2, -0.15) is 0 Å². The summed E-state index contributed by atoms with van der Waals surface area (Å²) in [7, 11) is -3.84. The first kappa shape index (κ1) is 21.0. The second kappa shape index (κ2) is 8.09. The van der Waals surface area contributed by atoms with Gasteiger partial charge in [0, 0.05) is 11.1 Å². The third-order valence-electron chi connectivity index (χ3n) is 4.81. The fourth-order valence-corrected chi connectivity index (χ4v) is 4.95. The fraction of sp³-hybridized carbons (Fsp3) is 0.0870. The Morgan fingerprint density at radius 1 is 0.935 bits per heavy atom. The van der Waals surface area contributed by atoms with Crippen molar-refractivity contribution in [3.63, 3.8) is 0 Å². The number of carbonyl (C=O) groups excluding carboxylic acids is 1. The Morgan fingerprint density at radius 3 is 2.32 bits per heavy atom. The van der Waals surface area contributed by atoms with Crippen LogP contribution in [0.15, 0.2) is 76.0 Å². The van der Waals surface area contributed by atoms with E-state index in [4.69, 9.17) is 16.0 Å². The van der Waals surface area contributed by atoms with Crippen LogP contribution in [0, 0.1) is 13.8 Å². The minimum atomic E-state index is -3.84. The van der Waals surface area contributed by atoms with Crippen molar-refractivity contribution in [2.24, 2.45) is 0 Å². The van der Waals surface area contributed by atoms with Crippen molar-refractivity contribution in [3.8, 4) is 0 Å². The molecule has 158 valence electrons. The van der Waals surface area contributed by atoms with Crippen LogP contribution in [-0.4, -0.2) is 14.3 Å². The third-order valence-corrected chi connectivity index (χ3v) is 6.64. The maximum Gasteiger partial charge on any atom is 0.262 e. The van der Waals surface area contributed by atoms with Gasteiger partial charge in [-0.25, -0.2) is 8.42 Å². The van der Waals surface area contributed by atoms with Crippen LogP contribution < -0.4 is 10.0 Å². The molecule has 1 amide bonds. The number of furan rings is 1. The fourth-order valence-electron chi connectivity index (χ4n) is 3.40. The summed E-state index contributed by atoms with van der Waals surface area (Å²) in [4.78, 5) is 13.1. The first-order chi connectivity index (χ1) is 14.8. The molecule has 31 heavy (non-hydrogen) atoms. The number of rotatable bonds is 5. The number of nitrogens with one attached hydrogen (secondary N) is 2. The molecule has 0 fully saturated rings. The highest BCUT2D eigenvalue weighted by molar-refractivity contribution is 7.92. The summed E-state index contributed by atoms with van der Waals surface area (Å²) in [5.41, 5.74) is 2.08. The van der Waals surface area contributed by atoms with Crippen molar-refractivity contribution in [2.45, 2.75) is 18.7 Å². The summed E-state index contributed by atoms with van der Waals surface area (Å²) in [6, 6.07) is 18.7. The molecule has 0 spiro atoms. The first-order valence-electron chi connectivity index (χ1n) is 9.44. The molecule has 8 heteroatoms. The molecule has 0 bridgehead atoms. The SMILES string of the molecule is Cc1ccccc1S(=O)(=O)Nc1cc(Cl)c2oc(C)c(C(=O)Nc3ccccc3)c2c1. The summed E-state index contributed by atoms with van der Waals surface area (Å²) in [5.74, 6) is 0.00155.